The topological polar surface area (TPSA) is 23.8 Å². The third-order valence-electron chi connectivity index (χ3n) is 2.45. The van der Waals surface area contributed by atoms with Gasteiger partial charge in [-0.3, -0.25) is 0 Å². The summed E-state index contributed by atoms with van der Waals surface area (Å²) >= 11 is 3.43. The van der Waals surface area contributed by atoms with E-state index < -0.39 is 0 Å². The molecule has 2 rings (SSSR count). The van der Waals surface area contributed by atoms with Crippen molar-refractivity contribution in [3.63, 3.8) is 0 Å². The van der Waals surface area contributed by atoms with E-state index >= 15 is 0 Å². The van der Waals surface area contributed by atoms with Gasteiger partial charge in [-0.15, -0.1) is 0 Å². The molecular weight excluding hydrogens is 250 g/mol. The van der Waals surface area contributed by atoms with E-state index in [-0.39, 0.29) is 0 Å². The number of benzene rings is 2. The predicted octanol–water partition coefficient (Wildman–Crippen LogP) is 3.65. The van der Waals surface area contributed by atoms with Gasteiger partial charge >= 0.3 is 0 Å². The molecule has 0 saturated carbocycles. The zero-order chi connectivity index (χ0) is 10.7. The molecule has 0 aliphatic carbocycles. The summed E-state index contributed by atoms with van der Waals surface area (Å²) in [6.07, 6.45) is 1.02. The fraction of sp³-hybridized carbons (Fsp3) is 0.154. The van der Waals surface area contributed by atoms with Gasteiger partial charge in [0.1, 0.15) is 0 Å². The van der Waals surface area contributed by atoms with Gasteiger partial charge in [0.2, 0.25) is 0 Å². The van der Waals surface area contributed by atoms with E-state index in [1.165, 1.54) is 5.56 Å². The van der Waals surface area contributed by atoms with Gasteiger partial charge in [0.25, 0.3) is 0 Å². The van der Waals surface area contributed by atoms with Gasteiger partial charge in [-0.25, -0.2) is 0 Å². The molecule has 74 valence electrons. The summed E-state index contributed by atoms with van der Waals surface area (Å²) in [5, 5.41) is 12.1. The molecule has 0 spiro atoms. The van der Waals surface area contributed by atoms with Crippen molar-refractivity contribution in [3.05, 3.63) is 47.5 Å². The molecule has 0 aliphatic rings. The molecule has 2 aromatic rings. The van der Waals surface area contributed by atoms with Gasteiger partial charge in [0, 0.05) is 5.33 Å². The number of alkyl halides is 1. The van der Waals surface area contributed by atoms with Crippen LogP contribution in [0.5, 0.6) is 0 Å². The number of halogens is 1. The summed E-state index contributed by atoms with van der Waals surface area (Å²) < 4.78 is 0. The maximum atomic E-state index is 8.95. The molecule has 0 fully saturated rings. The quantitative estimate of drug-likeness (QED) is 0.756. The summed E-state index contributed by atoms with van der Waals surface area (Å²) in [7, 11) is 0. The Morgan fingerprint density at radius 1 is 1.20 bits per heavy atom. The SMILES string of the molecule is N#Cc1cccc2cc(CCBr)ccc12. The molecule has 0 amide bonds. The molecular formula is C13H10BrN. The summed E-state index contributed by atoms with van der Waals surface area (Å²) in [5.41, 5.74) is 2.05. The normalized spacial score (nSPS) is 10.1. The highest BCUT2D eigenvalue weighted by Crippen LogP contribution is 2.20. The Labute approximate surface area is 97.5 Å². The predicted molar refractivity (Wildman–Crippen MR) is 66.2 cm³/mol. The maximum absolute atomic E-state index is 8.95. The molecule has 0 aromatic heterocycles. The summed E-state index contributed by atoms with van der Waals surface area (Å²) in [6.45, 7) is 0. The van der Waals surface area contributed by atoms with E-state index in [4.69, 9.17) is 5.26 Å². The molecule has 1 nitrogen and oxygen atoms in total. The summed E-state index contributed by atoms with van der Waals surface area (Å²) in [5.74, 6) is 0. The standard InChI is InChI=1S/C13H10BrN/c14-7-6-10-4-5-13-11(8-10)2-1-3-12(13)9-15/h1-5,8H,6-7H2. The second-order valence-corrected chi connectivity index (χ2v) is 4.20. The van der Waals surface area contributed by atoms with Gasteiger partial charge in [-0.05, 0) is 28.8 Å². The van der Waals surface area contributed by atoms with Gasteiger partial charge in [-0.1, -0.05) is 46.3 Å². The lowest BCUT2D eigenvalue weighted by Crippen LogP contribution is -1.86. The van der Waals surface area contributed by atoms with E-state index in [0.717, 1.165) is 28.1 Å². The average Bonchev–Trinajstić information content (AvgIpc) is 2.28. The zero-order valence-electron chi connectivity index (χ0n) is 8.20. The molecule has 2 heteroatoms. The van der Waals surface area contributed by atoms with E-state index in [1.54, 1.807) is 0 Å². The number of hydrogen-bond donors (Lipinski definition) is 0. The van der Waals surface area contributed by atoms with Gasteiger partial charge in [0.15, 0.2) is 0 Å². The van der Waals surface area contributed by atoms with Crippen molar-refractivity contribution < 1.29 is 0 Å². The number of fused-ring (bicyclic) bond motifs is 1. The highest BCUT2D eigenvalue weighted by atomic mass is 79.9. The van der Waals surface area contributed by atoms with Crippen LogP contribution in [0.1, 0.15) is 11.1 Å². The van der Waals surface area contributed by atoms with Crippen molar-refractivity contribution in [2.24, 2.45) is 0 Å². The number of nitriles is 1. The van der Waals surface area contributed by atoms with Crippen LogP contribution in [0.15, 0.2) is 36.4 Å². The largest absolute Gasteiger partial charge is 0.192 e. The molecule has 15 heavy (non-hydrogen) atoms. The zero-order valence-corrected chi connectivity index (χ0v) is 9.79. The average molecular weight is 260 g/mol. The molecule has 0 bridgehead atoms. The Morgan fingerprint density at radius 3 is 2.80 bits per heavy atom. The molecule has 0 saturated heterocycles. The lowest BCUT2D eigenvalue weighted by molar-refractivity contribution is 1.18. The summed E-state index contributed by atoms with van der Waals surface area (Å²) in [4.78, 5) is 0. The van der Waals surface area contributed by atoms with Crippen LogP contribution in [0.25, 0.3) is 10.8 Å². The van der Waals surface area contributed by atoms with Crippen LogP contribution < -0.4 is 0 Å². The van der Waals surface area contributed by atoms with E-state index in [0.29, 0.717) is 0 Å². The molecule has 0 radical (unpaired) electrons. The van der Waals surface area contributed by atoms with Crippen molar-refractivity contribution in [1.82, 2.24) is 0 Å². The lowest BCUT2D eigenvalue weighted by atomic mass is 10.0. The second kappa shape index (κ2) is 4.46. The van der Waals surface area contributed by atoms with Crippen LogP contribution in [-0.4, -0.2) is 5.33 Å². The Morgan fingerprint density at radius 2 is 2.07 bits per heavy atom. The summed E-state index contributed by atoms with van der Waals surface area (Å²) in [6, 6.07) is 14.3. The maximum Gasteiger partial charge on any atom is 0.0998 e. The Kier molecular flexibility index (Phi) is 3.03. The minimum atomic E-state index is 0.748. The first-order chi connectivity index (χ1) is 7.35. The Bertz CT molecular complexity index is 526. The number of hydrogen-bond acceptors (Lipinski definition) is 1. The Hall–Kier alpha value is -1.33. The monoisotopic (exact) mass is 259 g/mol. The fourth-order valence-corrected chi connectivity index (χ4v) is 2.15. The molecule has 0 heterocycles. The molecule has 0 unspecified atom stereocenters. The van der Waals surface area contributed by atoms with Gasteiger partial charge in [-0.2, -0.15) is 5.26 Å². The number of aryl methyl sites for hydroxylation is 1. The van der Waals surface area contributed by atoms with Crippen LogP contribution >= 0.6 is 15.9 Å². The smallest absolute Gasteiger partial charge is 0.0998 e. The van der Waals surface area contributed by atoms with Crippen molar-refractivity contribution in [2.75, 3.05) is 5.33 Å². The third kappa shape index (κ3) is 2.03. The first-order valence-electron chi connectivity index (χ1n) is 4.83. The van der Waals surface area contributed by atoms with Crippen molar-refractivity contribution in [2.45, 2.75) is 6.42 Å². The van der Waals surface area contributed by atoms with Crippen molar-refractivity contribution >= 4 is 26.7 Å². The van der Waals surface area contributed by atoms with Gasteiger partial charge in [0.05, 0.1) is 11.6 Å². The van der Waals surface area contributed by atoms with Gasteiger partial charge < -0.3 is 0 Å². The van der Waals surface area contributed by atoms with Crippen molar-refractivity contribution in [1.29, 1.82) is 5.26 Å². The van der Waals surface area contributed by atoms with Crippen LogP contribution in [0, 0.1) is 11.3 Å². The van der Waals surface area contributed by atoms with Crippen LogP contribution in [-0.2, 0) is 6.42 Å². The highest BCUT2D eigenvalue weighted by Gasteiger charge is 2.00. The third-order valence-corrected chi connectivity index (χ3v) is 2.84. The van der Waals surface area contributed by atoms with Crippen LogP contribution in [0.2, 0.25) is 0 Å². The van der Waals surface area contributed by atoms with E-state index in [1.807, 2.05) is 24.3 Å². The second-order valence-electron chi connectivity index (χ2n) is 3.41. The van der Waals surface area contributed by atoms with Crippen LogP contribution in [0.3, 0.4) is 0 Å². The van der Waals surface area contributed by atoms with Crippen molar-refractivity contribution in [3.8, 4) is 6.07 Å². The van der Waals surface area contributed by atoms with E-state index in [9.17, 15) is 0 Å². The highest BCUT2D eigenvalue weighted by molar-refractivity contribution is 9.09. The number of rotatable bonds is 2. The number of nitrogens with zero attached hydrogens (tertiary/aromatic N) is 1. The molecule has 0 aliphatic heterocycles. The van der Waals surface area contributed by atoms with E-state index in [2.05, 4.69) is 34.1 Å². The molecule has 0 N–H and O–H groups in total. The minimum Gasteiger partial charge on any atom is -0.192 e. The van der Waals surface area contributed by atoms with Crippen LogP contribution in [0.4, 0.5) is 0 Å². The fourth-order valence-electron chi connectivity index (χ4n) is 1.70. The molecule has 2 aromatic carbocycles. The first-order valence-corrected chi connectivity index (χ1v) is 5.95. The molecule has 0 atom stereocenters. The minimum absolute atomic E-state index is 0.748. The first kappa shape index (κ1) is 10.2. The Balaban J connectivity index is 2.60. The lowest BCUT2D eigenvalue weighted by Gasteiger charge is -2.03.